The lowest BCUT2D eigenvalue weighted by atomic mass is 10.1. The third-order valence-corrected chi connectivity index (χ3v) is 2.51. The number of amides is 2. The number of primary amides is 2. The first-order valence-electron chi connectivity index (χ1n) is 5.73. The Morgan fingerprint density at radius 2 is 1.89 bits per heavy atom. The van der Waals surface area contributed by atoms with Crippen LogP contribution in [0.2, 0.25) is 0 Å². The molecule has 2 amide bonds. The van der Waals surface area contributed by atoms with E-state index in [1.807, 2.05) is 0 Å². The van der Waals surface area contributed by atoms with E-state index in [4.69, 9.17) is 17.2 Å². The maximum atomic E-state index is 11.2. The molecule has 98 valence electrons. The zero-order valence-electron chi connectivity index (χ0n) is 10.1. The molecule has 1 rings (SSSR count). The molecule has 1 aromatic rings. The summed E-state index contributed by atoms with van der Waals surface area (Å²) in [4.78, 5) is 21.8. The summed E-state index contributed by atoms with van der Waals surface area (Å²) >= 11 is 0. The molecule has 0 radical (unpaired) electrons. The van der Waals surface area contributed by atoms with E-state index in [0.29, 0.717) is 36.3 Å². The van der Waals surface area contributed by atoms with Crippen molar-refractivity contribution < 1.29 is 9.59 Å². The number of rotatable bonds is 7. The summed E-state index contributed by atoms with van der Waals surface area (Å²) in [6.07, 6.45) is 1.81. The Labute approximate surface area is 106 Å². The minimum Gasteiger partial charge on any atom is -0.397 e. The Bertz CT molecular complexity index is 446. The van der Waals surface area contributed by atoms with Gasteiger partial charge in [-0.05, 0) is 25.0 Å². The second-order valence-electron chi connectivity index (χ2n) is 3.98. The normalized spacial score (nSPS) is 10.0. The highest BCUT2D eigenvalue weighted by atomic mass is 16.1. The molecule has 0 aliphatic heterocycles. The quantitative estimate of drug-likeness (QED) is 0.414. The molecule has 6 heteroatoms. The first-order valence-corrected chi connectivity index (χ1v) is 5.73. The van der Waals surface area contributed by atoms with Crippen molar-refractivity contribution >= 4 is 23.2 Å². The molecule has 0 unspecified atom stereocenters. The molecule has 0 fully saturated rings. The van der Waals surface area contributed by atoms with E-state index in [2.05, 4.69) is 5.32 Å². The van der Waals surface area contributed by atoms with Gasteiger partial charge >= 0.3 is 0 Å². The van der Waals surface area contributed by atoms with Gasteiger partial charge in [0.15, 0.2) is 0 Å². The maximum Gasteiger partial charge on any atom is 0.250 e. The molecule has 7 N–H and O–H groups in total. The van der Waals surface area contributed by atoms with Gasteiger partial charge in [-0.2, -0.15) is 0 Å². The number of nitrogen functional groups attached to an aromatic ring is 1. The highest BCUT2D eigenvalue weighted by Crippen LogP contribution is 2.23. The van der Waals surface area contributed by atoms with Crippen molar-refractivity contribution in [3.05, 3.63) is 23.8 Å². The molecule has 1 aromatic carbocycles. The average Bonchev–Trinajstić information content (AvgIpc) is 2.29. The van der Waals surface area contributed by atoms with Crippen LogP contribution in [-0.2, 0) is 4.79 Å². The Hall–Kier alpha value is -2.24. The summed E-state index contributed by atoms with van der Waals surface area (Å²) in [5.41, 5.74) is 17.5. The third-order valence-electron chi connectivity index (χ3n) is 2.51. The fourth-order valence-electron chi connectivity index (χ4n) is 1.61. The van der Waals surface area contributed by atoms with Crippen molar-refractivity contribution in [3.63, 3.8) is 0 Å². The van der Waals surface area contributed by atoms with Gasteiger partial charge in [-0.15, -0.1) is 0 Å². The number of carbonyl (C=O) groups is 2. The topological polar surface area (TPSA) is 124 Å². The molecule has 0 spiro atoms. The maximum absolute atomic E-state index is 11.2. The highest BCUT2D eigenvalue weighted by Gasteiger charge is 2.10. The molecule has 0 bridgehead atoms. The Kier molecular flexibility index (Phi) is 4.98. The SMILES string of the molecule is NC(=O)CCCCNc1c(N)cccc1C(N)=O. The van der Waals surface area contributed by atoms with Gasteiger partial charge in [0.25, 0.3) is 5.91 Å². The summed E-state index contributed by atoms with van der Waals surface area (Å²) in [5.74, 6) is -0.839. The van der Waals surface area contributed by atoms with Crippen molar-refractivity contribution in [1.29, 1.82) is 0 Å². The van der Waals surface area contributed by atoms with Crippen LogP contribution >= 0.6 is 0 Å². The monoisotopic (exact) mass is 250 g/mol. The molecule has 6 nitrogen and oxygen atoms in total. The molecule has 0 atom stereocenters. The number of anilines is 2. The van der Waals surface area contributed by atoms with Crippen LogP contribution in [0.5, 0.6) is 0 Å². The molecule has 0 aliphatic carbocycles. The molecular formula is C12H18N4O2. The van der Waals surface area contributed by atoms with Gasteiger partial charge in [0, 0.05) is 13.0 Å². The van der Waals surface area contributed by atoms with E-state index < -0.39 is 5.91 Å². The van der Waals surface area contributed by atoms with Crippen LogP contribution in [0.25, 0.3) is 0 Å². The van der Waals surface area contributed by atoms with Crippen LogP contribution < -0.4 is 22.5 Å². The number of para-hydroxylation sites is 1. The average molecular weight is 250 g/mol. The predicted octanol–water partition coefficient (Wildman–Crippen LogP) is 0.435. The van der Waals surface area contributed by atoms with Crippen molar-refractivity contribution in [3.8, 4) is 0 Å². The lowest BCUT2D eigenvalue weighted by Crippen LogP contribution is -2.16. The molecule has 0 aromatic heterocycles. The molecule has 0 heterocycles. The van der Waals surface area contributed by atoms with Crippen LogP contribution in [0.1, 0.15) is 29.6 Å². The third kappa shape index (κ3) is 3.97. The van der Waals surface area contributed by atoms with Crippen molar-refractivity contribution in [2.75, 3.05) is 17.6 Å². The number of nitrogens with one attached hydrogen (secondary N) is 1. The minimum absolute atomic E-state index is 0.313. The van der Waals surface area contributed by atoms with Crippen LogP contribution in [0, 0.1) is 0 Å². The largest absolute Gasteiger partial charge is 0.397 e. The second kappa shape index (κ2) is 6.48. The molecule has 0 aliphatic rings. The standard InChI is InChI=1S/C12H18N4O2/c13-9-5-3-4-8(12(15)18)11(9)16-7-2-1-6-10(14)17/h3-5,16H,1-2,6-7,13H2,(H2,14,17)(H2,15,18). The minimum atomic E-state index is -0.526. The van der Waals surface area contributed by atoms with Gasteiger partial charge in [0.2, 0.25) is 5.91 Å². The molecule has 18 heavy (non-hydrogen) atoms. The van der Waals surface area contributed by atoms with Crippen molar-refractivity contribution in [1.82, 2.24) is 0 Å². The van der Waals surface area contributed by atoms with Crippen molar-refractivity contribution in [2.24, 2.45) is 11.5 Å². The smallest absolute Gasteiger partial charge is 0.250 e. The Morgan fingerprint density at radius 3 is 2.50 bits per heavy atom. The van der Waals surface area contributed by atoms with Crippen LogP contribution in [-0.4, -0.2) is 18.4 Å². The number of unbranched alkanes of at least 4 members (excludes halogenated alkanes) is 1. The lowest BCUT2D eigenvalue weighted by Gasteiger charge is -2.12. The molecule has 0 saturated heterocycles. The fourth-order valence-corrected chi connectivity index (χ4v) is 1.61. The number of nitrogens with two attached hydrogens (primary N) is 3. The summed E-state index contributed by atoms with van der Waals surface area (Å²) in [5, 5.41) is 3.06. The van der Waals surface area contributed by atoms with Crippen molar-refractivity contribution in [2.45, 2.75) is 19.3 Å². The second-order valence-corrected chi connectivity index (χ2v) is 3.98. The highest BCUT2D eigenvalue weighted by molar-refractivity contribution is 6.01. The first kappa shape index (κ1) is 13.8. The van der Waals surface area contributed by atoms with Gasteiger partial charge in [0.05, 0.1) is 16.9 Å². The van der Waals surface area contributed by atoms with Gasteiger partial charge in [-0.3, -0.25) is 9.59 Å². The summed E-state index contributed by atoms with van der Waals surface area (Å²) in [7, 11) is 0. The fraction of sp³-hybridized carbons (Fsp3) is 0.333. The summed E-state index contributed by atoms with van der Waals surface area (Å²) in [6.45, 7) is 0.599. The lowest BCUT2D eigenvalue weighted by molar-refractivity contribution is -0.118. The Morgan fingerprint density at radius 1 is 1.17 bits per heavy atom. The van der Waals surface area contributed by atoms with E-state index in [1.54, 1.807) is 18.2 Å². The van der Waals surface area contributed by atoms with Gasteiger partial charge in [0.1, 0.15) is 0 Å². The number of carbonyl (C=O) groups excluding carboxylic acids is 2. The number of hydrogen-bond acceptors (Lipinski definition) is 4. The number of benzene rings is 1. The zero-order valence-corrected chi connectivity index (χ0v) is 10.1. The van der Waals surface area contributed by atoms with E-state index in [9.17, 15) is 9.59 Å². The van der Waals surface area contributed by atoms with Crippen LogP contribution in [0.3, 0.4) is 0 Å². The Balaban J connectivity index is 2.56. The van der Waals surface area contributed by atoms with E-state index in [-0.39, 0.29) is 5.91 Å². The van der Waals surface area contributed by atoms with Crippen LogP contribution in [0.4, 0.5) is 11.4 Å². The van der Waals surface area contributed by atoms with Crippen LogP contribution in [0.15, 0.2) is 18.2 Å². The van der Waals surface area contributed by atoms with Gasteiger partial charge in [-0.1, -0.05) is 6.07 Å². The zero-order chi connectivity index (χ0) is 13.5. The summed E-state index contributed by atoms with van der Waals surface area (Å²) < 4.78 is 0. The van der Waals surface area contributed by atoms with E-state index in [0.717, 1.165) is 6.42 Å². The predicted molar refractivity (Wildman–Crippen MR) is 70.9 cm³/mol. The molecule has 0 saturated carbocycles. The summed E-state index contributed by atoms with van der Waals surface area (Å²) in [6, 6.07) is 4.98. The van der Waals surface area contributed by atoms with E-state index in [1.165, 1.54) is 0 Å². The van der Waals surface area contributed by atoms with Gasteiger partial charge < -0.3 is 22.5 Å². The van der Waals surface area contributed by atoms with Gasteiger partial charge in [-0.25, -0.2) is 0 Å². The van der Waals surface area contributed by atoms with E-state index >= 15 is 0 Å². The molecular weight excluding hydrogens is 232 g/mol. The number of hydrogen-bond donors (Lipinski definition) is 4. The first-order chi connectivity index (χ1) is 8.52.